The van der Waals surface area contributed by atoms with Crippen LogP contribution in [0.4, 0.5) is 5.69 Å². The van der Waals surface area contributed by atoms with Gasteiger partial charge in [-0.3, -0.25) is 14.4 Å². The molecule has 0 saturated carbocycles. The number of benzene rings is 1. The Morgan fingerprint density at radius 3 is 2.79 bits per heavy atom. The molecule has 1 aliphatic heterocycles. The van der Waals surface area contributed by atoms with E-state index >= 15 is 0 Å². The summed E-state index contributed by atoms with van der Waals surface area (Å²) < 4.78 is 5.31. The van der Waals surface area contributed by atoms with E-state index in [0.717, 1.165) is 5.56 Å². The molecule has 0 radical (unpaired) electrons. The van der Waals surface area contributed by atoms with Crippen LogP contribution in [0.5, 0.6) is 5.75 Å². The monoisotopic (exact) mass is 334 g/mol. The summed E-state index contributed by atoms with van der Waals surface area (Å²) in [7, 11) is 1.53. The standard InChI is InChI=1S/C17H22N2O5/c1-10-4-5-14(24-3)13(6-10)19-9-12(8-15(19)20)17(23)18-11(2)7-16(21)22/h4-6,11-12H,7-9H2,1-3H3,(H,18,23)(H,21,22). The van der Waals surface area contributed by atoms with Gasteiger partial charge in [0.25, 0.3) is 0 Å². The SMILES string of the molecule is COc1ccc(C)cc1N1CC(C(=O)NC(C)CC(=O)O)CC1=O. The molecule has 1 saturated heterocycles. The Morgan fingerprint density at radius 2 is 2.17 bits per heavy atom. The number of nitrogens with one attached hydrogen (secondary N) is 1. The zero-order chi connectivity index (χ0) is 17.9. The number of ether oxygens (including phenoxy) is 1. The molecule has 2 amide bonds. The Hall–Kier alpha value is -2.57. The Balaban J connectivity index is 2.09. The average Bonchev–Trinajstić information content (AvgIpc) is 2.88. The van der Waals surface area contributed by atoms with Crippen molar-refractivity contribution in [1.29, 1.82) is 0 Å². The van der Waals surface area contributed by atoms with Crippen molar-refractivity contribution in [2.24, 2.45) is 5.92 Å². The van der Waals surface area contributed by atoms with Gasteiger partial charge in [-0.1, -0.05) is 6.07 Å². The third-order valence-corrected chi connectivity index (χ3v) is 3.99. The first-order valence-electron chi connectivity index (χ1n) is 7.79. The van der Waals surface area contributed by atoms with Crippen LogP contribution in [0.25, 0.3) is 0 Å². The summed E-state index contributed by atoms with van der Waals surface area (Å²) in [5.41, 5.74) is 1.64. The average molecular weight is 334 g/mol. The molecule has 0 spiro atoms. The van der Waals surface area contributed by atoms with Gasteiger partial charge in [0.1, 0.15) is 5.75 Å². The van der Waals surface area contributed by atoms with Gasteiger partial charge in [0, 0.05) is 19.0 Å². The zero-order valence-corrected chi connectivity index (χ0v) is 14.0. The quantitative estimate of drug-likeness (QED) is 0.818. The van der Waals surface area contributed by atoms with E-state index in [1.807, 2.05) is 19.1 Å². The van der Waals surface area contributed by atoms with Crippen LogP contribution < -0.4 is 15.0 Å². The Labute approximate surface area is 140 Å². The number of hydrogen-bond acceptors (Lipinski definition) is 4. The highest BCUT2D eigenvalue weighted by atomic mass is 16.5. The molecule has 0 bridgehead atoms. The first-order chi connectivity index (χ1) is 11.3. The summed E-state index contributed by atoms with van der Waals surface area (Å²) in [6, 6.07) is 5.05. The van der Waals surface area contributed by atoms with Crippen LogP contribution in [-0.2, 0) is 14.4 Å². The summed E-state index contributed by atoms with van der Waals surface area (Å²) in [6.45, 7) is 3.80. The van der Waals surface area contributed by atoms with Gasteiger partial charge >= 0.3 is 5.97 Å². The molecule has 2 N–H and O–H groups in total. The molecule has 1 aliphatic rings. The molecule has 130 valence electrons. The molecule has 2 unspecified atom stereocenters. The fraction of sp³-hybridized carbons (Fsp3) is 0.471. The van der Waals surface area contributed by atoms with Crippen LogP contribution in [-0.4, -0.2) is 42.6 Å². The van der Waals surface area contributed by atoms with Crippen molar-refractivity contribution in [2.75, 3.05) is 18.6 Å². The fourth-order valence-electron chi connectivity index (χ4n) is 2.80. The van der Waals surface area contributed by atoms with Crippen LogP contribution in [0.2, 0.25) is 0 Å². The predicted molar refractivity (Wildman–Crippen MR) is 88.0 cm³/mol. The molecular weight excluding hydrogens is 312 g/mol. The van der Waals surface area contributed by atoms with E-state index in [1.165, 1.54) is 7.11 Å². The Bertz CT molecular complexity index is 658. The molecule has 0 aliphatic carbocycles. The number of carbonyl (C=O) groups excluding carboxylic acids is 2. The van der Waals surface area contributed by atoms with Crippen LogP contribution in [0.15, 0.2) is 18.2 Å². The number of carboxylic acids is 1. The van der Waals surface area contributed by atoms with Gasteiger partial charge in [-0.15, -0.1) is 0 Å². The first-order valence-corrected chi connectivity index (χ1v) is 7.79. The number of hydrogen-bond donors (Lipinski definition) is 2. The van der Waals surface area contributed by atoms with Gasteiger partial charge in [-0.2, -0.15) is 0 Å². The maximum absolute atomic E-state index is 12.3. The van der Waals surface area contributed by atoms with E-state index in [2.05, 4.69) is 5.32 Å². The second-order valence-corrected chi connectivity index (χ2v) is 6.09. The molecule has 1 fully saturated rings. The Kier molecular flexibility index (Phi) is 5.43. The number of aryl methyl sites for hydroxylation is 1. The van der Waals surface area contributed by atoms with E-state index in [0.29, 0.717) is 11.4 Å². The number of methoxy groups -OCH3 is 1. The summed E-state index contributed by atoms with van der Waals surface area (Å²) in [5.74, 6) is -1.35. The largest absolute Gasteiger partial charge is 0.495 e. The lowest BCUT2D eigenvalue weighted by Gasteiger charge is -2.20. The van der Waals surface area contributed by atoms with Gasteiger partial charge in [0.15, 0.2) is 0 Å². The smallest absolute Gasteiger partial charge is 0.305 e. The number of amides is 2. The number of nitrogens with zero attached hydrogens (tertiary/aromatic N) is 1. The van der Waals surface area contributed by atoms with Crippen molar-refractivity contribution in [3.05, 3.63) is 23.8 Å². The van der Waals surface area contributed by atoms with Crippen molar-refractivity contribution in [3.63, 3.8) is 0 Å². The van der Waals surface area contributed by atoms with Gasteiger partial charge in [-0.25, -0.2) is 0 Å². The van der Waals surface area contributed by atoms with E-state index in [4.69, 9.17) is 9.84 Å². The molecule has 2 atom stereocenters. The minimum atomic E-state index is -0.976. The lowest BCUT2D eigenvalue weighted by atomic mass is 10.1. The minimum absolute atomic E-state index is 0.0999. The molecule has 7 nitrogen and oxygen atoms in total. The van der Waals surface area contributed by atoms with Crippen molar-refractivity contribution in [1.82, 2.24) is 5.32 Å². The molecule has 1 heterocycles. The first kappa shape index (κ1) is 17.8. The molecule has 2 rings (SSSR count). The highest BCUT2D eigenvalue weighted by Crippen LogP contribution is 2.33. The van der Waals surface area contributed by atoms with Crippen LogP contribution >= 0.6 is 0 Å². The number of carbonyl (C=O) groups is 3. The van der Waals surface area contributed by atoms with Crippen molar-refractivity contribution in [2.45, 2.75) is 32.7 Å². The second-order valence-electron chi connectivity index (χ2n) is 6.09. The van der Waals surface area contributed by atoms with E-state index in [1.54, 1.807) is 17.9 Å². The van der Waals surface area contributed by atoms with Crippen molar-refractivity contribution in [3.8, 4) is 5.75 Å². The van der Waals surface area contributed by atoms with Gasteiger partial charge in [-0.05, 0) is 31.5 Å². The van der Waals surface area contributed by atoms with Crippen LogP contribution in [0.1, 0.15) is 25.3 Å². The lowest BCUT2D eigenvalue weighted by molar-refractivity contribution is -0.137. The van der Waals surface area contributed by atoms with E-state index in [9.17, 15) is 14.4 Å². The maximum Gasteiger partial charge on any atom is 0.305 e. The molecule has 24 heavy (non-hydrogen) atoms. The number of rotatable bonds is 6. The summed E-state index contributed by atoms with van der Waals surface area (Å²) >= 11 is 0. The summed E-state index contributed by atoms with van der Waals surface area (Å²) in [6.07, 6.45) is -0.0510. The molecule has 7 heteroatoms. The van der Waals surface area contributed by atoms with Gasteiger partial charge < -0.3 is 20.1 Å². The highest BCUT2D eigenvalue weighted by Gasteiger charge is 2.36. The maximum atomic E-state index is 12.3. The fourth-order valence-corrected chi connectivity index (χ4v) is 2.80. The molecule has 1 aromatic rings. The third-order valence-electron chi connectivity index (χ3n) is 3.99. The van der Waals surface area contributed by atoms with Gasteiger partial charge in [0.05, 0.1) is 25.1 Å². The second kappa shape index (κ2) is 7.33. The van der Waals surface area contributed by atoms with Crippen LogP contribution in [0.3, 0.4) is 0 Å². The Morgan fingerprint density at radius 1 is 1.46 bits per heavy atom. The summed E-state index contributed by atoms with van der Waals surface area (Å²) in [5, 5.41) is 11.4. The lowest BCUT2D eigenvalue weighted by Crippen LogP contribution is -2.39. The topological polar surface area (TPSA) is 95.9 Å². The van der Waals surface area contributed by atoms with Crippen molar-refractivity contribution < 1.29 is 24.2 Å². The molecule has 0 aromatic heterocycles. The summed E-state index contributed by atoms with van der Waals surface area (Å²) in [4.78, 5) is 36.8. The van der Waals surface area contributed by atoms with E-state index in [-0.39, 0.29) is 31.2 Å². The normalized spacial score (nSPS) is 18.4. The number of aliphatic carboxylic acids is 1. The van der Waals surface area contributed by atoms with Crippen molar-refractivity contribution >= 4 is 23.5 Å². The van der Waals surface area contributed by atoms with Crippen LogP contribution in [0, 0.1) is 12.8 Å². The zero-order valence-electron chi connectivity index (χ0n) is 14.0. The highest BCUT2D eigenvalue weighted by molar-refractivity contribution is 6.01. The number of carboxylic acid groups (broad SMARTS) is 1. The number of anilines is 1. The molecule has 1 aromatic carbocycles. The van der Waals surface area contributed by atoms with E-state index < -0.39 is 17.9 Å². The third kappa shape index (κ3) is 4.04. The molecular formula is C17H22N2O5. The predicted octanol–water partition coefficient (Wildman–Crippen LogP) is 1.34. The van der Waals surface area contributed by atoms with Gasteiger partial charge in [0.2, 0.25) is 11.8 Å². The minimum Gasteiger partial charge on any atom is -0.495 e.